The Morgan fingerprint density at radius 3 is 3.00 bits per heavy atom. The first-order valence-electron chi connectivity index (χ1n) is 7.16. The van der Waals surface area contributed by atoms with Crippen molar-refractivity contribution in [2.75, 3.05) is 18.5 Å². The van der Waals surface area contributed by atoms with Crippen molar-refractivity contribution in [2.45, 2.75) is 58.0 Å². The molecule has 0 bridgehead atoms. The highest BCUT2D eigenvalue weighted by molar-refractivity contribution is 9.09. The van der Waals surface area contributed by atoms with Gasteiger partial charge in [-0.2, -0.15) is 0 Å². The van der Waals surface area contributed by atoms with Crippen LogP contribution in [0, 0.1) is 5.92 Å². The number of hydrogen-bond donors (Lipinski definition) is 1. The van der Waals surface area contributed by atoms with Gasteiger partial charge in [-0.15, -0.1) is 0 Å². The lowest BCUT2D eigenvalue weighted by Crippen LogP contribution is -2.27. The second-order valence-electron chi connectivity index (χ2n) is 5.28. The van der Waals surface area contributed by atoms with Gasteiger partial charge < -0.3 is 10.1 Å². The Kier molecular flexibility index (Phi) is 8.68. The second-order valence-corrected chi connectivity index (χ2v) is 5.93. The molecule has 0 spiro atoms. The van der Waals surface area contributed by atoms with Crippen LogP contribution in [0.25, 0.3) is 0 Å². The van der Waals surface area contributed by atoms with Crippen LogP contribution in [0.3, 0.4) is 0 Å². The fourth-order valence-corrected chi connectivity index (χ4v) is 2.49. The van der Waals surface area contributed by atoms with Gasteiger partial charge in [-0.3, -0.25) is 4.79 Å². The molecule has 18 heavy (non-hydrogen) atoms. The van der Waals surface area contributed by atoms with E-state index in [0.29, 0.717) is 18.4 Å². The van der Waals surface area contributed by atoms with Gasteiger partial charge in [0, 0.05) is 24.9 Å². The number of nitrogens with one attached hydrogen (secondary N) is 1. The molecule has 0 saturated carbocycles. The van der Waals surface area contributed by atoms with Crippen molar-refractivity contribution in [3.63, 3.8) is 0 Å². The summed E-state index contributed by atoms with van der Waals surface area (Å²) in [6.07, 6.45) is 7.58. The van der Waals surface area contributed by atoms with Gasteiger partial charge in [-0.1, -0.05) is 22.9 Å². The lowest BCUT2D eigenvalue weighted by molar-refractivity contribution is -0.122. The van der Waals surface area contributed by atoms with Gasteiger partial charge in [0.15, 0.2) is 0 Å². The molecular weight excluding hydrogens is 294 g/mol. The molecule has 1 rings (SSSR count). The fourth-order valence-electron chi connectivity index (χ4n) is 2.17. The summed E-state index contributed by atoms with van der Waals surface area (Å²) < 4.78 is 5.61. The molecule has 0 aromatic rings. The molecule has 4 heteroatoms. The third-order valence-corrected chi connectivity index (χ3v) is 4.53. The van der Waals surface area contributed by atoms with E-state index in [-0.39, 0.29) is 5.91 Å². The molecule has 0 aromatic carbocycles. The van der Waals surface area contributed by atoms with Crippen molar-refractivity contribution in [2.24, 2.45) is 5.92 Å². The summed E-state index contributed by atoms with van der Waals surface area (Å²) in [5, 5.41) is 4.03. The molecule has 106 valence electrons. The van der Waals surface area contributed by atoms with Crippen molar-refractivity contribution in [1.29, 1.82) is 0 Å². The van der Waals surface area contributed by atoms with Gasteiger partial charge in [-0.25, -0.2) is 0 Å². The molecule has 1 heterocycles. The van der Waals surface area contributed by atoms with Crippen LogP contribution in [-0.4, -0.2) is 30.5 Å². The average molecular weight is 320 g/mol. The molecule has 1 aliphatic heterocycles. The number of ether oxygens (including phenoxy) is 1. The Morgan fingerprint density at radius 1 is 1.50 bits per heavy atom. The van der Waals surface area contributed by atoms with E-state index in [1.54, 1.807) is 0 Å². The third kappa shape index (κ3) is 7.37. The second kappa shape index (κ2) is 9.79. The molecule has 0 radical (unpaired) electrons. The molecule has 3 nitrogen and oxygen atoms in total. The molecule has 2 atom stereocenters. The molecular formula is C14H26BrNO2. The van der Waals surface area contributed by atoms with Crippen molar-refractivity contribution >= 4 is 21.8 Å². The Bertz CT molecular complexity index is 230. The zero-order valence-corrected chi connectivity index (χ0v) is 13.0. The summed E-state index contributed by atoms with van der Waals surface area (Å²) in [6, 6.07) is 0. The fraction of sp³-hybridized carbons (Fsp3) is 0.929. The van der Waals surface area contributed by atoms with Crippen LogP contribution in [0.5, 0.6) is 0 Å². The van der Waals surface area contributed by atoms with E-state index in [4.69, 9.17) is 4.74 Å². The van der Waals surface area contributed by atoms with E-state index >= 15 is 0 Å². The van der Waals surface area contributed by atoms with Crippen molar-refractivity contribution in [3.05, 3.63) is 0 Å². The van der Waals surface area contributed by atoms with E-state index in [9.17, 15) is 4.79 Å². The highest BCUT2D eigenvalue weighted by Crippen LogP contribution is 2.16. The predicted molar refractivity (Wildman–Crippen MR) is 78.0 cm³/mol. The van der Waals surface area contributed by atoms with Gasteiger partial charge in [0.25, 0.3) is 0 Å². The molecule has 1 fully saturated rings. The van der Waals surface area contributed by atoms with Gasteiger partial charge in [0.2, 0.25) is 5.91 Å². The molecule has 2 unspecified atom stereocenters. The zero-order chi connectivity index (χ0) is 13.2. The van der Waals surface area contributed by atoms with Crippen LogP contribution in [0.4, 0.5) is 0 Å². The summed E-state index contributed by atoms with van der Waals surface area (Å²) >= 11 is 3.46. The summed E-state index contributed by atoms with van der Waals surface area (Å²) in [6.45, 7) is 3.90. The van der Waals surface area contributed by atoms with Crippen molar-refractivity contribution in [1.82, 2.24) is 5.32 Å². The van der Waals surface area contributed by atoms with Crippen LogP contribution in [0.15, 0.2) is 0 Å². The molecule has 1 N–H and O–H groups in total. The SMILES string of the molecule is CC(CBr)CCCNC(=O)CCC1CCCCO1. The van der Waals surface area contributed by atoms with Crippen LogP contribution in [-0.2, 0) is 9.53 Å². The third-order valence-electron chi connectivity index (χ3n) is 3.43. The maximum absolute atomic E-state index is 11.6. The number of carbonyl (C=O) groups excluding carboxylic acids is 1. The number of amides is 1. The van der Waals surface area contributed by atoms with Crippen molar-refractivity contribution in [3.8, 4) is 0 Å². The number of carbonyl (C=O) groups is 1. The highest BCUT2D eigenvalue weighted by Gasteiger charge is 2.14. The van der Waals surface area contributed by atoms with Gasteiger partial charge >= 0.3 is 0 Å². The van der Waals surface area contributed by atoms with Crippen molar-refractivity contribution < 1.29 is 9.53 Å². The lowest BCUT2D eigenvalue weighted by Gasteiger charge is -2.22. The Morgan fingerprint density at radius 2 is 2.33 bits per heavy atom. The van der Waals surface area contributed by atoms with Crippen LogP contribution in [0.1, 0.15) is 51.9 Å². The number of alkyl halides is 1. The Labute approximate surface area is 119 Å². The molecule has 0 aliphatic carbocycles. The van der Waals surface area contributed by atoms with E-state index in [1.807, 2.05) is 0 Å². The smallest absolute Gasteiger partial charge is 0.220 e. The number of halogens is 1. The topological polar surface area (TPSA) is 38.3 Å². The standard InChI is InChI=1S/C14H26BrNO2/c1-12(11-15)5-4-9-16-14(17)8-7-13-6-2-3-10-18-13/h12-13H,2-11H2,1H3,(H,16,17). The summed E-state index contributed by atoms with van der Waals surface area (Å²) in [5.74, 6) is 0.869. The number of rotatable bonds is 8. The Hall–Kier alpha value is -0.0900. The maximum Gasteiger partial charge on any atom is 0.220 e. The minimum atomic E-state index is 0.177. The quantitative estimate of drug-likeness (QED) is 0.551. The van der Waals surface area contributed by atoms with E-state index in [0.717, 1.165) is 44.2 Å². The minimum absolute atomic E-state index is 0.177. The van der Waals surface area contributed by atoms with E-state index in [2.05, 4.69) is 28.2 Å². The minimum Gasteiger partial charge on any atom is -0.378 e. The summed E-state index contributed by atoms with van der Waals surface area (Å²) in [5.41, 5.74) is 0. The normalized spacial score (nSPS) is 21.6. The maximum atomic E-state index is 11.6. The molecule has 1 saturated heterocycles. The molecule has 1 amide bonds. The summed E-state index contributed by atoms with van der Waals surface area (Å²) in [4.78, 5) is 11.6. The van der Waals surface area contributed by atoms with Gasteiger partial charge in [0.05, 0.1) is 6.10 Å². The van der Waals surface area contributed by atoms with Gasteiger partial charge in [-0.05, 0) is 44.4 Å². The Balaban J connectivity index is 1.96. The first kappa shape index (κ1) is 16.0. The largest absolute Gasteiger partial charge is 0.378 e. The predicted octanol–water partition coefficient (Wildman–Crippen LogP) is 3.26. The molecule has 0 aromatic heterocycles. The highest BCUT2D eigenvalue weighted by atomic mass is 79.9. The van der Waals surface area contributed by atoms with Crippen LogP contribution < -0.4 is 5.32 Å². The average Bonchev–Trinajstić information content (AvgIpc) is 2.42. The number of hydrogen-bond acceptors (Lipinski definition) is 2. The zero-order valence-electron chi connectivity index (χ0n) is 11.4. The van der Waals surface area contributed by atoms with E-state index < -0.39 is 0 Å². The van der Waals surface area contributed by atoms with Gasteiger partial charge in [0.1, 0.15) is 0 Å². The monoisotopic (exact) mass is 319 g/mol. The first-order valence-corrected chi connectivity index (χ1v) is 8.28. The van der Waals surface area contributed by atoms with E-state index in [1.165, 1.54) is 12.8 Å². The molecule has 1 aliphatic rings. The lowest BCUT2D eigenvalue weighted by atomic mass is 10.0. The first-order chi connectivity index (χ1) is 8.72. The van der Waals surface area contributed by atoms with Crippen LogP contribution in [0.2, 0.25) is 0 Å². The van der Waals surface area contributed by atoms with Crippen LogP contribution >= 0.6 is 15.9 Å². The summed E-state index contributed by atoms with van der Waals surface area (Å²) in [7, 11) is 0.